The largest absolute Gasteiger partial charge is 1.00 e. The average molecular weight is 162 g/mol. The minimum absolute atomic E-state index is 0. The molecule has 0 aliphatic heterocycles. The van der Waals surface area contributed by atoms with Crippen LogP contribution in [0.3, 0.4) is 0 Å². The number of allylic oxidation sites excluding steroid dienone is 7. The zero-order chi connectivity index (χ0) is 9.40. The van der Waals surface area contributed by atoms with Gasteiger partial charge in [-0.05, 0) is 25.5 Å². The molecule has 0 aromatic heterocycles. The predicted octanol–water partition coefficient (Wildman–Crippen LogP) is 3.38. The third kappa shape index (κ3) is 5.42. The molecule has 0 aliphatic carbocycles. The Labute approximate surface area is 75.8 Å². The first-order valence-electron chi connectivity index (χ1n) is 3.85. The molecule has 0 rings (SSSR count). The van der Waals surface area contributed by atoms with Crippen LogP contribution in [0.5, 0.6) is 0 Å². The lowest BCUT2D eigenvalue weighted by atomic mass is 10.2. The van der Waals surface area contributed by atoms with Crippen molar-refractivity contribution in [2.45, 2.75) is 13.8 Å². The summed E-state index contributed by atoms with van der Waals surface area (Å²) < 4.78 is 0. The average Bonchev–Trinajstić information content (AvgIpc) is 2.04. The van der Waals surface area contributed by atoms with E-state index in [0.29, 0.717) is 0 Å². The highest BCUT2D eigenvalue weighted by molar-refractivity contribution is 5.69. The first kappa shape index (κ1) is 10.6. The van der Waals surface area contributed by atoms with E-state index in [2.05, 4.69) is 6.58 Å². The van der Waals surface area contributed by atoms with Crippen LogP contribution in [0, 0.1) is 5.41 Å². The fraction of sp³-hybridized carbons (Fsp3) is 0.182. The summed E-state index contributed by atoms with van der Waals surface area (Å²) in [6.45, 7) is 7.59. The molecule has 0 aromatic rings. The van der Waals surface area contributed by atoms with Gasteiger partial charge in [-0.1, -0.05) is 36.5 Å². The molecule has 0 heterocycles. The highest BCUT2D eigenvalue weighted by Gasteiger charge is 1.77. The molecular weight excluding hydrogens is 146 g/mol. The van der Waals surface area contributed by atoms with Gasteiger partial charge in [0.15, 0.2) is 0 Å². The molecule has 0 bridgehead atoms. The quantitative estimate of drug-likeness (QED) is 0.484. The van der Waals surface area contributed by atoms with Crippen molar-refractivity contribution in [2.75, 3.05) is 0 Å². The second-order valence-corrected chi connectivity index (χ2v) is 2.55. The van der Waals surface area contributed by atoms with Crippen molar-refractivity contribution in [2.24, 2.45) is 0 Å². The van der Waals surface area contributed by atoms with Crippen molar-refractivity contribution in [3.8, 4) is 0 Å². The second-order valence-electron chi connectivity index (χ2n) is 2.55. The maximum atomic E-state index is 6.82. The van der Waals surface area contributed by atoms with E-state index in [-0.39, 0.29) is 1.43 Å². The first-order valence-corrected chi connectivity index (χ1v) is 3.85. The van der Waals surface area contributed by atoms with E-state index >= 15 is 0 Å². The highest BCUT2D eigenvalue weighted by Crippen LogP contribution is 1.97. The molecule has 0 radical (unpaired) electrons. The Hall–Kier alpha value is -1.37. The molecule has 0 saturated carbocycles. The highest BCUT2D eigenvalue weighted by atomic mass is 14.3. The Kier molecular flexibility index (Phi) is 5.62. The maximum Gasteiger partial charge on any atom is 1.00 e. The second kappa shape index (κ2) is 6.35. The van der Waals surface area contributed by atoms with Crippen LogP contribution in [0.4, 0.5) is 0 Å². The van der Waals surface area contributed by atoms with E-state index in [1.54, 1.807) is 12.2 Å². The molecule has 0 aromatic carbocycles. The van der Waals surface area contributed by atoms with E-state index in [1.807, 2.05) is 32.1 Å². The summed E-state index contributed by atoms with van der Waals surface area (Å²) in [4.78, 5) is 0. The SMILES string of the molecule is C=C/C(C)=C/C=C\C(C)=C\C=N.[H+]. The lowest BCUT2D eigenvalue weighted by Crippen LogP contribution is -1.69. The molecule has 0 saturated heterocycles. The summed E-state index contributed by atoms with van der Waals surface area (Å²) in [7, 11) is 0. The van der Waals surface area contributed by atoms with Gasteiger partial charge in [-0.25, -0.2) is 0 Å². The van der Waals surface area contributed by atoms with Crippen LogP contribution in [0.15, 0.2) is 48.1 Å². The summed E-state index contributed by atoms with van der Waals surface area (Å²) in [5, 5.41) is 6.82. The topological polar surface area (TPSA) is 23.9 Å². The fourth-order valence-corrected chi connectivity index (χ4v) is 0.607. The Morgan fingerprint density at radius 1 is 1.25 bits per heavy atom. The van der Waals surface area contributed by atoms with Crippen molar-refractivity contribution >= 4 is 6.21 Å². The monoisotopic (exact) mass is 162 g/mol. The van der Waals surface area contributed by atoms with E-state index in [0.717, 1.165) is 11.1 Å². The van der Waals surface area contributed by atoms with Gasteiger partial charge in [0.25, 0.3) is 0 Å². The minimum Gasteiger partial charge on any atom is -0.309 e. The minimum atomic E-state index is 0. The summed E-state index contributed by atoms with van der Waals surface area (Å²) in [6.07, 6.45) is 10.7. The third-order valence-corrected chi connectivity index (χ3v) is 1.39. The van der Waals surface area contributed by atoms with Crippen LogP contribution in [0.25, 0.3) is 0 Å². The van der Waals surface area contributed by atoms with E-state index in [4.69, 9.17) is 5.41 Å². The molecule has 1 nitrogen and oxygen atoms in total. The maximum absolute atomic E-state index is 6.82. The van der Waals surface area contributed by atoms with Crippen LogP contribution in [-0.2, 0) is 0 Å². The molecule has 12 heavy (non-hydrogen) atoms. The molecule has 0 atom stereocenters. The first-order chi connectivity index (χ1) is 5.70. The van der Waals surface area contributed by atoms with Crippen molar-refractivity contribution < 1.29 is 1.43 Å². The zero-order valence-corrected chi connectivity index (χ0v) is 7.67. The van der Waals surface area contributed by atoms with Crippen molar-refractivity contribution in [3.05, 3.63) is 48.1 Å². The van der Waals surface area contributed by atoms with Crippen LogP contribution < -0.4 is 0 Å². The molecule has 0 spiro atoms. The summed E-state index contributed by atoms with van der Waals surface area (Å²) in [5.41, 5.74) is 2.20. The lowest BCUT2D eigenvalue weighted by molar-refractivity contribution is 1.50. The van der Waals surface area contributed by atoms with Gasteiger partial charge in [0, 0.05) is 6.21 Å². The molecule has 1 heteroatoms. The number of hydrogen-bond donors (Lipinski definition) is 1. The summed E-state index contributed by atoms with van der Waals surface area (Å²) in [6, 6.07) is 0. The predicted molar refractivity (Wildman–Crippen MR) is 56.7 cm³/mol. The van der Waals surface area contributed by atoms with Crippen molar-refractivity contribution in [1.29, 1.82) is 5.41 Å². The van der Waals surface area contributed by atoms with Gasteiger partial charge in [0.1, 0.15) is 0 Å². The standard InChI is InChI=1S/C11H15N/c1-4-10(2)6-5-7-11(3)8-9-12/h4-9,12H,1H2,2-3H3/p+1/b7-5-,10-6+,11-8+,12-9?. The summed E-state index contributed by atoms with van der Waals surface area (Å²) >= 11 is 0. The Balaban J connectivity index is 0. The zero-order valence-electron chi connectivity index (χ0n) is 8.67. The summed E-state index contributed by atoms with van der Waals surface area (Å²) in [5.74, 6) is 0. The van der Waals surface area contributed by atoms with Crippen LogP contribution >= 0.6 is 0 Å². The smallest absolute Gasteiger partial charge is 0.309 e. The molecule has 64 valence electrons. The number of hydrogen-bond acceptors (Lipinski definition) is 1. The van der Waals surface area contributed by atoms with Crippen LogP contribution in [0.1, 0.15) is 15.3 Å². The van der Waals surface area contributed by atoms with Crippen LogP contribution in [0.2, 0.25) is 0 Å². The molecule has 0 aliphatic rings. The van der Waals surface area contributed by atoms with Gasteiger partial charge in [-0.2, -0.15) is 0 Å². The fourth-order valence-electron chi connectivity index (χ4n) is 0.607. The Morgan fingerprint density at radius 3 is 2.42 bits per heavy atom. The van der Waals surface area contributed by atoms with Gasteiger partial charge >= 0.3 is 1.43 Å². The van der Waals surface area contributed by atoms with Gasteiger partial charge in [0.05, 0.1) is 0 Å². The molecule has 0 unspecified atom stereocenters. The van der Waals surface area contributed by atoms with Crippen molar-refractivity contribution in [3.63, 3.8) is 0 Å². The molecule has 1 N–H and O–H groups in total. The number of rotatable bonds is 4. The molecular formula is C11H16N+. The normalized spacial score (nSPS) is 13.5. The van der Waals surface area contributed by atoms with Gasteiger partial charge < -0.3 is 5.41 Å². The Morgan fingerprint density at radius 2 is 1.92 bits per heavy atom. The van der Waals surface area contributed by atoms with Gasteiger partial charge in [-0.3, -0.25) is 0 Å². The van der Waals surface area contributed by atoms with Gasteiger partial charge in [-0.15, -0.1) is 0 Å². The van der Waals surface area contributed by atoms with E-state index in [1.165, 1.54) is 6.21 Å². The van der Waals surface area contributed by atoms with Crippen molar-refractivity contribution in [1.82, 2.24) is 0 Å². The number of nitrogens with one attached hydrogen (secondary N) is 1. The third-order valence-electron chi connectivity index (χ3n) is 1.39. The molecule has 0 fully saturated rings. The van der Waals surface area contributed by atoms with Crippen LogP contribution in [-0.4, -0.2) is 6.21 Å². The lowest BCUT2D eigenvalue weighted by Gasteiger charge is -1.87. The van der Waals surface area contributed by atoms with Gasteiger partial charge in [0.2, 0.25) is 0 Å². The van der Waals surface area contributed by atoms with E-state index in [9.17, 15) is 0 Å². The van der Waals surface area contributed by atoms with E-state index < -0.39 is 0 Å². The Bertz CT molecular complexity index is 247. The molecule has 0 amide bonds.